The summed E-state index contributed by atoms with van der Waals surface area (Å²) in [6, 6.07) is 2.25. The number of hydrogen-bond acceptors (Lipinski definition) is 2. The van der Waals surface area contributed by atoms with Crippen LogP contribution in [0, 0.1) is 0 Å². The highest BCUT2D eigenvalue weighted by Gasteiger charge is 2.31. The van der Waals surface area contributed by atoms with Crippen LogP contribution in [0.25, 0.3) is 0 Å². The predicted octanol–water partition coefficient (Wildman–Crippen LogP) is 5.72. The largest absolute Gasteiger partial charge is 0.443 e. The van der Waals surface area contributed by atoms with Gasteiger partial charge in [0.25, 0.3) is 0 Å². The van der Waals surface area contributed by atoms with Gasteiger partial charge in [-0.05, 0) is 64.5 Å². The first-order valence-corrected chi connectivity index (χ1v) is 13.6. The fourth-order valence-corrected chi connectivity index (χ4v) is 5.35. The van der Waals surface area contributed by atoms with E-state index in [2.05, 4.69) is 32.6 Å². The van der Waals surface area contributed by atoms with Crippen molar-refractivity contribution >= 4 is 31.1 Å². The molecule has 0 aliphatic rings. The van der Waals surface area contributed by atoms with Gasteiger partial charge in [0, 0.05) is 16.9 Å². The lowest BCUT2D eigenvalue weighted by Gasteiger charge is -2.26. The molecule has 0 unspecified atom stereocenters. The molecule has 0 fully saturated rings. The summed E-state index contributed by atoms with van der Waals surface area (Å²) in [5.41, 5.74) is 1.94. The molecule has 0 N–H and O–H groups in total. The molecule has 1 aromatic heterocycles. The zero-order chi connectivity index (χ0) is 19.3. The van der Waals surface area contributed by atoms with Gasteiger partial charge in [-0.1, -0.05) is 33.0 Å². The average molecular weight is 386 g/mol. The van der Waals surface area contributed by atoms with Gasteiger partial charge in [0.15, 0.2) is 0 Å². The maximum absolute atomic E-state index is 13.0. The van der Waals surface area contributed by atoms with Gasteiger partial charge in [0.05, 0.1) is 8.07 Å². The molecule has 0 aromatic carbocycles. The zero-order valence-corrected chi connectivity index (χ0v) is 18.9. The minimum Gasteiger partial charge on any atom is -0.443 e. The highest BCUT2D eigenvalue weighted by atomic mass is 35.5. The van der Waals surface area contributed by atoms with Gasteiger partial charge in [-0.15, -0.1) is 11.6 Å². The molecule has 0 spiro atoms. The van der Waals surface area contributed by atoms with Crippen LogP contribution in [0.2, 0.25) is 19.6 Å². The molecule has 0 atom stereocenters. The molecule has 3 nitrogen and oxygen atoms in total. The lowest BCUT2D eigenvalue weighted by Crippen LogP contribution is -2.48. The monoisotopic (exact) mass is 385 g/mol. The molecule has 1 heterocycles. The Hall–Kier alpha value is -0.743. The highest BCUT2D eigenvalue weighted by Crippen LogP contribution is 2.20. The Balaban J connectivity index is 3.38. The standard InChI is InChI=1S/C20H36ClNO2Si/c1-8-9-12-16-15-17(13-10-11-14-21)22(18(16)25(5,6)7)19(23)24-20(2,3)4/h15H,8-14H2,1-7H3. The number of ether oxygens (including phenoxy) is 1. The lowest BCUT2D eigenvalue weighted by atomic mass is 10.1. The molecule has 0 saturated carbocycles. The van der Waals surface area contributed by atoms with Crippen LogP contribution < -0.4 is 5.32 Å². The second kappa shape index (κ2) is 9.27. The van der Waals surface area contributed by atoms with E-state index in [9.17, 15) is 4.79 Å². The summed E-state index contributed by atoms with van der Waals surface area (Å²) in [7, 11) is -1.70. The van der Waals surface area contributed by atoms with Gasteiger partial charge in [-0.25, -0.2) is 4.79 Å². The third kappa shape index (κ3) is 6.82. The SMILES string of the molecule is CCCCc1cc(CCCCCl)n(C(=O)OC(C)(C)C)c1[Si](C)(C)C. The summed E-state index contributed by atoms with van der Waals surface area (Å²) < 4.78 is 7.64. The molecule has 0 bridgehead atoms. The number of rotatable bonds is 8. The van der Waals surface area contributed by atoms with Crippen molar-refractivity contribution in [3.05, 3.63) is 17.3 Å². The van der Waals surface area contributed by atoms with Crippen LogP contribution in [0.4, 0.5) is 4.79 Å². The van der Waals surface area contributed by atoms with Crippen molar-refractivity contribution < 1.29 is 9.53 Å². The summed E-state index contributed by atoms with van der Waals surface area (Å²) >= 11 is 5.84. The zero-order valence-electron chi connectivity index (χ0n) is 17.2. The van der Waals surface area contributed by atoms with E-state index in [4.69, 9.17) is 16.3 Å². The summed E-state index contributed by atoms with van der Waals surface area (Å²) in [4.78, 5) is 13.0. The summed E-state index contributed by atoms with van der Waals surface area (Å²) in [5, 5.41) is 1.23. The maximum Gasteiger partial charge on any atom is 0.418 e. The number of nitrogens with zero attached hydrogens (tertiary/aromatic N) is 1. The quantitative estimate of drug-likeness (QED) is 0.325. The van der Waals surface area contributed by atoms with E-state index in [1.54, 1.807) is 0 Å². The Labute approximate surface area is 160 Å². The van der Waals surface area contributed by atoms with E-state index in [1.165, 1.54) is 10.9 Å². The van der Waals surface area contributed by atoms with Gasteiger partial charge in [0.2, 0.25) is 0 Å². The number of unbranched alkanes of at least 4 members (excludes halogenated alkanes) is 2. The Morgan fingerprint density at radius 1 is 1.16 bits per heavy atom. The Morgan fingerprint density at radius 3 is 2.28 bits per heavy atom. The van der Waals surface area contributed by atoms with E-state index in [1.807, 2.05) is 25.3 Å². The molecular formula is C20H36ClNO2Si. The van der Waals surface area contributed by atoms with Crippen LogP contribution in [-0.2, 0) is 17.6 Å². The van der Waals surface area contributed by atoms with E-state index < -0.39 is 13.7 Å². The molecule has 1 aromatic rings. The predicted molar refractivity (Wildman–Crippen MR) is 111 cm³/mol. The molecule has 0 aliphatic heterocycles. The molecule has 0 aliphatic carbocycles. The number of alkyl halides is 1. The van der Waals surface area contributed by atoms with Crippen LogP contribution in [0.3, 0.4) is 0 Å². The second-order valence-electron chi connectivity index (χ2n) is 8.82. The van der Waals surface area contributed by atoms with Crippen LogP contribution in [0.15, 0.2) is 6.07 Å². The molecule has 144 valence electrons. The topological polar surface area (TPSA) is 31.2 Å². The number of carbonyl (C=O) groups excluding carboxylic acids is 1. The number of aromatic nitrogens is 1. The third-order valence-electron chi connectivity index (χ3n) is 4.06. The number of hydrogen-bond donors (Lipinski definition) is 0. The van der Waals surface area contributed by atoms with E-state index in [0.29, 0.717) is 5.88 Å². The van der Waals surface area contributed by atoms with Crippen molar-refractivity contribution in [3.63, 3.8) is 0 Å². The minimum absolute atomic E-state index is 0.228. The van der Waals surface area contributed by atoms with Crippen molar-refractivity contribution in [2.45, 2.75) is 91.5 Å². The summed E-state index contributed by atoms with van der Waals surface area (Å²) in [6.45, 7) is 14.9. The van der Waals surface area contributed by atoms with Crippen molar-refractivity contribution in [1.82, 2.24) is 4.57 Å². The number of aryl methyl sites for hydroxylation is 2. The van der Waals surface area contributed by atoms with Gasteiger partial charge >= 0.3 is 6.09 Å². The van der Waals surface area contributed by atoms with Crippen LogP contribution >= 0.6 is 11.6 Å². The fraction of sp³-hybridized carbons (Fsp3) is 0.750. The highest BCUT2D eigenvalue weighted by molar-refractivity contribution is 6.88. The molecule has 0 amide bonds. The Bertz CT molecular complexity index is 567. The van der Waals surface area contributed by atoms with Crippen LogP contribution in [0.1, 0.15) is 64.6 Å². The molecule has 1 rings (SSSR count). The summed E-state index contributed by atoms with van der Waals surface area (Å²) in [6.07, 6.45) is 5.95. The molecule has 0 saturated heterocycles. The van der Waals surface area contributed by atoms with Crippen LogP contribution in [-0.4, -0.2) is 30.2 Å². The van der Waals surface area contributed by atoms with Gasteiger partial charge < -0.3 is 4.74 Å². The first-order valence-electron chi connectivity index (χ1n) is 9.54. The van der Waals surface area contributed by atoms with E-state index in [-0.39, 0.29) is 6.09 Å². The fourth-order valence-electron chi connectivity index (χ4n) is 3.10. The first kappa shape index (κ1) is 22.3. The number of halogens is 1. The van der Waals surface area contributed by atoms with Gasteiger partial charge in [-0.2, -0.15) is 0 Å². The summed E-state index contributed by atoms with van der Waals surface area (Å²) in [5.74, 6) is 0.663. The normalized spacial score (nSPS) is 12.5. The molecule has 5 heteroatoms. The molecule has 25 heavy (non-hydrogen) atoms. The van der Waals surface area contributed by atoms with Gasteiger partial charge in [0.1, 0.15) is 5.60 Å². The van der Waals surface area contributed by atoms with Crippen LogP contribution in [0.5, 0.6) is 0 Å². The lowest BCUT2D eigenvalue weighted by molar-refractivity contribution is 0.0537. The Kier molecular flexibility index (Phi) is 8.27. The van der Waals surface area contributed by atoms with E-state index >= 15 is 0 Å². The van der Waals surface area contributed by atoms with E-state index in [0.717, 1.165) is 44.2 Å². The minimum atomic E-state index is -1.70. The van der Waals surface area contributed by atoms with Gasteiger partial charge in [-0.3, -0.25) is 4.57 Å². The third-order valence-corrected chi connectivity index (χ3v) is 6.29. The smallest absolute Gasteiger partial charge is 0.418 e. The Morgan fingerprint density at radius 2 is 1.80 bits per heavy atom. The van der Waals surface area contributed by atoms with Crippen molar-refractivity contribution in [2.24, 2.45) is 0 Å². The maximum atomic E-state index is 13.0. The van der Waals surface area contributed by atoms with Crippen molar-refractivity contribution in [2.75, 3.05) is 5.88 Å². The van der Waals surface area contributed by atoms with Crippen molar-refractivity contribution in [1.29, 1.82) is 0 Å². The molecule has 0 radical (unpaired) electrons. The molecular weight excluding hydrogens is 350 g/mol. The average Bonchev–Trinajstić information content (AvgIpc) is 2.82. The van der Waals surface area contributed by atoms with Crippen molar-refractivity contribution in [3.8, 4) is 0 Å². The second-order valence-corrected chi connectivity index (χ2v) is 14.2. The number of carbonyl (C=O) groups is 1. The first-order chi connectivity index (χ1) is 11.5.